The Balaban J connectivity index is 0.000000419. The highest BCUT2D eigenvalue weighted by atomic mass is 32.2. The molecule has 2 atom stereocenters. The average molecular weight is 747 g/mol. The van der Waals surface area contributed by atoms with Gasteiger partial charge in [-0.1, -0.05) is 42.0 Å². The van der Waals surface area contributed by atoms with Crippen LogP contribution in [0, 0.1) is 6.92 Å². The summed E-state index contributed by atoms with van der Waals surface area (Å²) in [6.45, 7) is 16.8. The Morgan fingerprint density at radius 1 is 0.769 bits per heavy atom. The zero-order valence-corrected chi connectivity index (χ0v) is 32.5. The van der Waals surface area contributed by atoms with E-state index in [2.05, 4.69) is 28.1 Å². The number of amides is 1. The number of aryl methyl sites for hydroxylation is 1. The summed E-state index contributed by atoms with van der Waals surface area (Å²) >= 11 is 0. The van der Waals surface area contributed by atoms with E-state index in [1.54, 1.807) is 12.1 Å². The molecular weight excluding hydrogens is 685 g/mol. The van der Waals surface area contributed by atoms with E-state index in [1.807, 2.05) is 77.9 Å². The van der Waals surface area contributed by atoms with E-state index >= 15 is 0 Å². The lowest BCUT2D eigenvalue weighted by Gasteiger charge is -2.24. The molecule has 0 aliphatic rings. The Morgan fingerprint density at radius 2 is 1.23 bits per heavy atom. The standard InChI is InChI=1S/C18H31N3O3.C13H23N3O.C7H8O3S/c1-5-23-16-8-6-14(7-9-16)12-15(13-20-11-10-19)21-17(22)24-18(2,3)4;1-2-17-13-5-3-11(4-6-13)9-12(15)10-16-8-7-14;1-6-2-4-7(5-3-6)11(8,9)10/h6-9,15,20H,5,10-13,19H2,1-4H3,(H,21,22);3-6,12,16H,2,7-10,14-15H2,1H3;2-5H,1H3,(H,8,9,10)/t15-;12-;/m00./s1. The van der Waals surface area contributed by atoms with Crippen molar-refractivity contribution in [2.75, 3.05) is 52.5 Å². The Hall–Kier alpha value is -3.76. The summed E-state index contributed by atoms with van der Waals surface area (Å²) in [5.74, 6) is 1.75. The first-order valence-corrected chi connectivity index (χ1v) is 19.1. The lowest BCUT2D eigenvalue weighted by molar-refractivity contribution is 0.0504. The molecule has 52 heavy (non-hydrogen) atoms. The normalized spacial score (nSPS) is 12.3. The fraction of sp³-hybridized carbons (Fsp3) is 0.500. The van der Waals surface area contributed by atoms with Crippen LogP contribution in [0.2, 0.25) is 0 Å². The van der Waals surface area contributed by atoms with Gasteiger partial charge in [0, 0.05) is 51.4 Å². The van der Waals surface area contributed by atoms with E-state index in [-0.39, 0.29) is 17.0 Å². The summed E-state index contributed by atoms with van der Waals surface area (Å²) < 4.78 is 45.7. The minimum Gasteiger partial charge on any atom is -0.494 e. The molecule has 0 spiro atoms. The van der Waals surface area contributed by atoms with E-state index in [1.165, 1.54) is 17.7 Å². The van der Waals surface area contributed by atoms with Crippen molar-refractivity contribution in [1.29, 1.82) is 0 Å². The van der Waals surface area contributed by atoms with E-state index in [0.29, 0.717) is 45.8 Å². The number of nitrogens with one attached hydrogen (secondary N) is 3. The van der Waals surface area contributed by atoms with E-state index < -0.39 is 21.8 Å². The van der Waals surface area contributed by atoms with Crippen LogP contribution in [0.4, 0.5) is 4.79 Å². The molecule has 0 aliphatic carbocycles. The summed E-state index contributed by atoms with van der Waals surface area (Å²) in [6, 6.07) is 22.0. The molecule has 0 bridgehead atoms. The van der Waals surface area contributed by atoms with Crippen LogP contribution < -0.4 is 42.6 Å². The van der Waals surface area contributed by atoms with Gasteiger partial charge >= 0.3 is 6.09 Å². The van der Waals surface area contributed by atoms with Gasteiger partial charge < -0.3 is 47.4 Å². The molecule has 0 saturated carbocycles. The molecule has 3 aromatic rings. The number of nitrogens with two attached hydrogens (primary N) is 3. The maximum Gasteiger partial charge on any atom is 0.407 e. The molecule has 1 amide bonds. The van der Waals surface area contributed by atoms with Gasteiger partial charge in [-0.3, -0.25) is 4.55 Å². The molecule has 13 nitrogen and oxygen atoms in total. The Morgan fingerprint density at radius 3 is 1.65 bits per heavy atom. The van der Waals surface area contributed by atoms with Crippen molar-refractivity contribution in [3.63, 3.8) is 0 Å². The van der Waals surface area contributed by atoms with Crippen molar-refractivity contribution in [3.05, 3.63) is 89.5 Å². The van der Waals surface area contributed by atoms with Crippen LogP contribution in [0.3, 0.4) is 0 Å². The van der Waals surface area contributed by atoms with Gasteiger partial charge in [-0.15, -0.1) is 0 Å². The average Bonchev–Trinajstić information content (AvgIpc) is 3.06. The van der Waals surface area contributed by atoms with Crippen molar-refractivity contribution in [1.82, 2.24) is 16.0 Å². The number of alkyl carbamates (subject to hydrolysis) is 1. The molecule has 0 saturated heterocycles. The molecular formula is C38H62N6O7S. The molecule has 0 unspecified atom stereocenters. The monoisotopic (exact) mass is 746 g/mol. The highest BCUT2D eigenvalue weighted by Gasteiger charge is 2.20. The molecule has 0 fully saturated rings. The van der Waals surface area contributed by atoms with Crippen LogP contribution in [0.15, 0.2) is 77.7 Å². The molecule has 3 aromatic carbocycles. The molecule has 10 N–H and O–H groups in total. The van der Waals surface area contributed by atoms with Crippen LogP contribution in [0.5, 0.6) is 11.5 Å². The van der Waals surface area contributed by atoms with Crippen LogP contribution in [-0.2, 0) is 27.7 Å². The maximum absolute atomic E-state index is 12.0. The van der Waals surface area contributed by atoms with Crippen molar-refractivity contribution < 1.29 is 32.0 Å². The van der Waals surface area contributed by atoms with Gasteiger partial charge in [-0.25, -0.2) is 4.79 Å². The summed E-state index contributed by atoms with van der Waals surface area (Å²) in [5, 5.41) is 9.37. The summed E-state index contributed by atoms with van der Waals surface area (Å²) in [5.41, 5.74) is 19.7. The third-order valence-electron chi connectivity index (χ3n) is 6.93. The lowest BCUT2D eigenvalue weighted by Crippen LogP contribution is -2.46. The number of rotatable bonds is 18. The summed E-state index contributed by atoms with van der Waals surface area (Å²) in [6.07, 6.45) is 1.15. The van der Waals surface area contributed by atoms with Crippen molar-refractivity contribution in [2.24, 2.45) is 17.2 Å². The van der Waals surface area contributed by atoms with Gasteiger partial charge in [0.1, 0.15) is 17.1 Å². The number of ether oxygens (including phenoxy) is 3. The Labute approximate surface area is 311 Å². The number of benzene rings is 3. The first-order chi connectivity index (χ1) is 24.6. The van der Waals surface area contributed by atoms with Gasteiger partial charge in [0.25, 0.3) is 10.1 Å². The molecule has 3 rings (SSSR count). The summed E-state index contributed by atoms with van der Waals surface area (Å²) in [4.78, 5) is 12.0. The second kappa shape index (κ2) is 25.3. The third kappa shape index (κ3) is 22.2. The van der Waals surface area contributed by atoms with Crippen molar-refractivity contribution in [3.8, 4) is 11.5 Å². The highest BCUT2D eigenvalue weighted by molar-refractivity contribution is 7.85. The van der Waals surface area contributed by atoms with Gasteiger partial charge in [-0.2, -0.15) is 8.42 Å². The minimum atomic E-state index is -4.02. The van der Waals surface area contributed by atoms with Crippen LogP contribution >= 0.6 is 0 Å². The van der Waals surface area contributed by atoms with E-state index in [4.69, 9.17) is 36.0 Å². The predicted molar refractivity (Wildman–Crippen MR) is 209 cm³/mol. The molecule has 0 aromatic heterocycles. The first-order valence-electron chi connectivity index (χ1n) is 17.6. The quantitative estimate of drug-likeness (QED) is 0.0732. The third-order valence-corrected chi connectivity index (χ3v) is 7.80. The lowest BCUT2D eigenvalue weighted by atomic mass is 10.1. The van der Waals surface area contributed by atoms with E-state index in [0.717, 1.165) is 42.1 Å². The number of carbonyl (C=O) groups excluding carboxylic acids is 1. The van der Waals surface area contributed by atoms with Crippen molar-refractivity contribution in [2.45, 2.75) is 77.0 Å². The van der Waals surface area contributed by atoms with Gasteiger partial charge in [0.05, 0.1) is 18.1 Å². The number of hydrogen-bond donors (Lipinski definition) is 7. The number of carbonyl (C=O) groups is 1. The Bertz CT molecular complexity index is 1480. The van der Waals surface area contributed by atoms with Crippen molar-refractivity contribution >= 4 is 16.2 Å². The molecule has 0 aliphatic heterocycles. The zero-order valence-electron chi connectivity index (χ0n) is 31.7. The topological polar surface area (TPSA) is 213 Å². The van der Waals surface area contributed by atoms with Gasteiger partial charge in [-0.05, 0) is 102 Å². The smallest absolute Gasteiger partial charge is 0.407 e. The maximum atomic E-state index is 12.0. The van der Waals surface area contributed by atoms with Crippen LogP contribution in [0.1, 0.15) is 51.3 Å². The SMILES string of the molecule is CCOc1ccc(C[C@@H](CNCCN)NC(=O)OC(C)(C)C)cc1.CCOc1ccc(C[C@H](N)CNCCN)cc1.Cc1ccc(S(=O)(=O)O)cc1. The largest absolute Gasteiger partial charge is 0.494 e. The molecule has 292 valence electrons. The van der Waals surface area contributed by atoms with Gasteiger partial charge in [0.2, 0.25) is 0 Å². The number of hydrogen-bond acceptors (Lipinski definition) is 11. The fourth-order valence-corrected chi connectivity index (χ4v) is 5.04. The molecule has 0 radical (unpaired) electrons. The predicted octanol–water partition coefficient (Wildman–Crippen LogP) is 3.81. The highest BCUT2D eigenvalue weighted by Crippen LogP contribution is 2.15. The van der Waals surface area contributed by atoms with Crippen LogP contribution in [0.25, 0.3) is 0 Å². The fourth-order valence-electron chi connectivity index (χ4n) is 4.56. The molecule has 0 heterocycles. The first kappa shape index (κ1) is 46.3. The second-order valence-corrected chi connectivity index (χ2v) is 14.4. The summed E-state index contributed by atoms with van der Waals surface area (Å²) in [7, 11) is -4.02. The minimum absolute atomic E-state index is 0.0666. The van der Waals surface area contributed by atoms with Crippen LogP contribution in [-0.4, -0.2) is 89.2 Å². The zero-order chi connectivity index (χ0) is 39.0. The Kier molecular flexibility index (Phi) is 22.5. The van der Waals surface area contributed by atoms with E-state index in [9.17, 15) is 13.2 Å². The second-order valence-electron chi connectivity index (χ2n) is 12.9. The van der Waals surface area contributed by atoms with Gasteiger partial charge in [0.15, 0.2) is 0 Å². The molecule has 14 heteroatoms.